The lowest BCUT2D eigenvalue weighted by atomic mass is 10.3. The number of amides is 1. The normalized spacial score (nSPS) is 11.3. The minimum absolute atomic E-state index is 0.00782. The second-order valence-electron chi connectivity index (χ2n) is 4.07. The molecule has 21 heavy (non-hydrogen) atoms. The smallest absolute Gasteiger partial charge is 0.244 e. The number of sulfonamides is 1. The van der Waals surface area contributed by atoms with Crippen molar-refractivity contribution in [3.05, 3.63) is 16.6 Å². The molecule has 0 atom stereocenters. The van der Waals surface area contributed by atoms with Crippen molar-refractivity contribution in [3.63, 3.8) is 0 Å². The summed E-state index contributed by atoms with van der Waals surface area (Å²) in [5, 5.41) is 2.37. The number of likely N-dealkylation sites (N-methyl/N-ethyl adjacent to an activating group) is 2. The van der Waals surface area contributed by atoms with E-state index in [4.69, 9.17) is 9.47 Å². The molecule has 0 aliphatic rings. The third kappa shape index (κ3) is 3.86. The maximum Gasteiger partial charge on any atom is 0.244 e. The first-order valence-electron chi connectivity index (χ1n) is 5.86. The molecule has 0 saturated carbocycles. The molecule has 0 aliphatic carbocycles. The highest BCUT2D eigenvalue weighted by molar-refractivity contribution is 9.10. The largest absolute Gasteiger partial charge is 0.493 e. The molecule has 0 spiro atoms. The first-order chi connectivity index (χ1) is 9.77. The number of nitrogens with zero attached hydrogens (tertiary/aromatic N) is 1. The van der Waals surface area contributed by atoms with E-state index in [2.05, 4.69) is 21.2 Å². The van der Waals surface area contributed by atoms with Gasteiger partial charge in [0.25, 0.3) is 0 Å². The van der Waals surface area contributed by atoms with Crippen molar-refractivity contribution < 1.29 is 22.7 Å². The first-order valence-corrected chi connectivity index (χ1v) is 8.09. The third-order valence-electron chi connectivity index (χ3n) is 2.77. The van der Waals surface area contributed by atoms with Gasteiger partial charge in [-0.2, -0.15) is 4.31 Å². The molecule has 7 nitrogen and oxygen atoms in total. The molecular weight excluding hydrogens is 364 g/mol. The van der Waals surface area contributed by atoms with Crippen molar-refractivity contribution in [1.82, 2.24) is 9.62 Å². The maximum atomic E-state index is 12.5. The molecule has 1 amide bonds. The van der Waals surface area contributed by atoms with Crippen molar-refractivity contribution in [2.75, 3.05) is 34.9 Å². The van der Waals surface area contributed by atoms with Crippen LogP contribution in [0.3, 0.4) is 0 Å². The van der Waals surface area contributed by atoms with Gasteiger partial charge in [-0.3, -0.25) is 4.79 Å². The highest BCUT2D eigenvalue weighted by atomic mass is 79.9. The molecule has 0 fully saturated rings. The van der Waals surface area contributed by atoms with Crippen LogP contribution in [0.2, 0.25) is 0 Å². The molecule has 1 rings (SSSR count). The van der Waals surface area contributed by atoms with Gasteiger partial charge in [0, 0.05) is 24.6 Å². The molecule has 0 unspecified atom stereocenters. The van der Waals surface area contributed by atoms with Gasteiger partial charge in [-0.05, 0) is 22.0 Å². The number of benzene rings is 1. The number of hydrogen-bond acceptors (Lipinski definition) is 5. The third-order valence-corrected chi connectivity index (χ3v) is 5.53. The molecule has 1 aromatic rings. The lowest BCUT2D eigenvalue weighted by Gasteiger charge is -2.18. The minimum Gasteiger partial charge on any atom is -0.493 e. The van der Waals surface area contributed by atoms with E-state index in [9.17, 15) is 13.2 Å². The molecule has 0 bridgehead atoms. The van der Waals surface area contributed by atoms with Crippen LogP contribution in [0.5, 0.6) is 11.5 Å². The summed E-state index contributed by atoms with van der Waals surface area (Å²) < 4.78 is 36.5. The second kappa shape index (κ2) is 7.10. The van der Waals surface area contributed by atoms with Crippen LogP contribution in [0.25, 0.3) is 0 Å². The number of methoxy groups -OCH3 is 2. The molecular formula is C12H17BrN2O5S. The van der Waals surface area contributed by atoms with E-state index < -0.39 is 15.9 Å². The molecule has 1 aromatic carbocycles. The summed E-state index contributed by atoms with van der Waals surface area (Å²) in [4.78, 5) is 11.3. The second-order valence-corrected chi connectivity index (χ2v) is 6.94. The standard InChI is InChI=1S/C12H17BrN2O5S/c1-14-12(16)7-15(2)21(17,18)11-6-10(20-4)9(19-3)5-8(11)13/h5-6H,7H2,1-4H3,(H,14,16). The van der Waals surface area contributed by atoms with Crippen LogP contribution in [0.15, 0.2) is 21.5 Å². The van der Waals surface area contributed by atoms with E-state index in [1.807, 2.05) is 0 Å². The van der Waals surface area contributed by atoms with Crippen molar-refractivity contribution in [2.24, 2.45) is 0 Å². The zero-order valence-corrected chi connectivity index (χ0v) is 14.5. The number of halogens is 1. The Hall–Kier alpha value is -1.32. The van der Waals surface area contributed by atoms with Crippen LogP contribution in [0.1, 0.15) is 0 Å². The number of hydrogen-bond donors (Lipinski definition) is 1. The van der Waals surface area contributed by atoms with Crippen molar-refractivity contribution in [2.45, 2.75) is 4.90 Å². The lowest BCUT2D eigenvalue weighted by molar-refractivity contribution is -0.120. The fraction of sp³-hybridized carbons (Fsp3) is 0.417. The van der Waals surface area contributed by atoms with Crippen LogP contribution in [0, 0.1) is 0 Å². The Labute approximate surface area is 132 Å². The summed E-state index contributed by atoms with van der Waals surface area (Å²) in [5.74, 6) is 0.280. The van der Waals surface area contributed by atoms with Gasteiger partial charge in [-0.1, -0.05) is 0 Å². The lowest BCUT2D eigenvalue weighted by Crippen LogP contribution is -2.37. The molecule has 0 aromatic heterocycles. The number of rotatable bonds is 6. The van der Waals surface area contributed by atoms with E-state index >= 15 is 0 Å². The Balaban J connectivity index is 3.28. The predicted molar refractivity (Wildman–Crippen MR) is 81.1 cm³/mol. The number of carbonyl (C=O) groups excluding carboxylic acids is 1. The van der Waals surface area contributed by atoms with Crippen molar-refractivity contribution in [3.8, 4) is 11.5 Å². The van der Waals surface area contributed by atoms with Crippen LogP contribution in [0.4, 0.5) is 0 Å². The summed E-state index contributed by atoms with van der Waals surface area (Å²) in [6, 6.07) is 2.85. The fourth-order valence-electron chi connectivity index (χ4n) is 1.57. The van der Waals surface area contributed by atoms with E-state index in [1.165, 1.54) is 40.4 Å². The average molecular weight is 381 g/mol. The molecule has 0 saturated heterocycles. The minimum atomic E-state index is -3.84. The van der Waals surface area contributed by atoms with E-state index in [0.29, 0.717) is 10.2 Å². The quantitative estimate of drug-likeness (QED) is 0.789. The van der Waals surface area contributed by atoms with Crippen LogP contribution >= 0.6 is 15.9 Å². The number of nitrogens with one attached hydrogen (secondary N) is 1. The molecule has 118 valence electrons. The predicted octanol–water partition coefficient (Wildman–Crippen LogP) is 0.833. The van der Waals surface area contributed by atoms with E-state index in [0.717, 1.165) is 4.31 Å². The number of ether oxygens (including phenoxy) is 2. The summed E-state index contributed by atoms with van der Waals surface area (Å²) >= 11 is 3.20. The van der Waals surface area contributed by atoms with Gasteiger partial charge in [0.1, 0.15) is 4.90 Å². The fourth-order valence-corrected chi connectivity index (χ4v) is 3.69. The average Bonchev–Trinajstić information content (AvgIpc) is 2.46. The van der Waals surface area contributed by atoms with E-state index in [-0.39, 0.29) is 17.2 Å². The van der Waals surface area contributed by atoms with Gasteiger partial charge in [0.05, 0.1) is 20.8 Å². The molecule has 0 radical (unpaired) electrons. The number of carbonyl (C=O) groups is 1. The van der Waals surface area contributed by atoms with Crippen molar-refractivity contribution >= 4 is 31.9 Å². The zero-order valence-electron chi connectivity index (χ0n) is 12.1. The van der Waals surface area contributed by atoms with Crippen LogP contribution in [-0.2, 0) is 14.8 Å². The molecule has 0 heterocycles. The van der Waals surface area contributed by atoms with Gasteiger partial charge in [-0.25, -0.2) is 8.42 Å². The van der Waals surface area contributed by atoms with E-state index in [1.54, 1.807) is 0 Å². The van der Waals surface area contributed by atoms with Gasteiger partial charge in [0.15, 0.2) is 11.5 Å². The first kappa shape index (κ1) is 17.7. The summed E-state index contributed by atoms with van der Waals surface area (Å²) in [5.41, 5.74) is 0. The Bertz CT molecular complexity index is 633. The Kier molecular flexibility index (Phi) is 5.99. The zero-order chi connectivity index (χ0) is 16.2. The maximum absolute atomic E-state index is 12.5. The van der Waals surface area contributed by atoms with Gasteiger partial charge in [0.2, 0.25) is 15.9 Å². The molecule has 9 heteroatoms. The van der Waals surface area contributed by atoms with Crippen molar-refractivity contribution in [1.29, 1.82) is 0 Å². The van der Waals surface area contributed by atoms with Crippen LogP contribution < -0.4 is 14.8 Å². The Morgan fingerprint density at radius 2 is 1.81 bits per heavy atom. The van der Waals surface area contributed by atoms with Gasteiger partial charge in [-0.15, -0.1) is 0 Å². The topological polar surface area (TPSA) is 84.9 Å². The SMILES string of the molecule is CNC(=O)CN(C)S(=O)(=O)c1cc(OC)c(OC)cc1Br. The molecule has 0 aliphatic heterocycles. The van der Waals surface area contributed by atoms with Crippen LogP contribution in [-0.4, -0.2) is 53.5 Å². The monoisotopic (exact) mass is 380 g/mol. The van der Waals surface area contributed by atoms with Gasteiger partial charge < -0.3 is 14.8 Å². The highest BCUT2D eigenvalue weighted by Crippen LogP contribution is 2.36. The highest BCUT2D eigenvalue weighted by Gasteiger charge is 2.26. The van der Waals surface area contributed by atoms with Gasteiger partial charge >= 0.3 is 0 Å². The summed E-state index contributed by atoms with van der Waals surface area (Å²) in [6.07, 6.45) is 0. The molecule has 1 N–H and O–H groups in total. The summed E-state index contributed by atoms with van der Waals surface area (Å²) in [6.45, 7) is -0.278. The Morgan fingerprint density at radius 1 is 1.29 bits per heavy atom. The summed E-state index contributed by atoms with van der Waals surface area (Å²) in [7, 11) is 1.79. The Morgan fingerprint density at radius 3 is 2.29 bits per heavy atom.